The molecule has 0 amide bonds. The van der Waals surface area contributed by atoms with Crippen LogP contribution in [0.5, 0.6) is 0 Å². The zero-order chi connectivity index (χ0) is 20.4. The average molecular weight is 382 g/mol. The lowest BCUT2D eigenvalue weighted by Crippen LogP contribution is -2.49. The molecule has 4 atom stereocenters. The lowest BCUT2D eigenvalue weighted by atomic mass is 10.0. The van der Waals surface area contributed by atoms with E-state index in [1.807, 2.05) is 6.92 Å². The van der Waals surface area contributed by atoms with Crippen LogP contribution in [0, 0.1) is 0 Å². The maximum absolute atomic E-state index is 9.64. The van der Waals surface area contributed by atoms with E-state index in [0.29, 0.717) is 6.42 Å². The molecule has 0 aromatic heterocycles. The van der Waals surface area contributed by atoms with Gasteiger partial charge < -0.3 is 36.0 Å². The molecule has 0 bridgehead atoms. The largest absolute Gasteiger partial charge is 0.481 e. The third-order valence-corrected chi connectivity index (χ3v) is 3.85. The van der Waals surface area contributed by atoms with Gasteiger partial charge in [0, 0.05) is 13.0 Å². The van der Waals surface area contributed by atoms with Crippen molar-refractivity contribution in [1.29, 1.82) is 0 Å². The molecule has 158 valence electrons. The summed E-state index contributed by atoms with van der Waals surface area (Å²) in [5.74, 6) is -0.711. The molecule has 0 aromatic rings. The number of carboxylic acids is 1. The van der Waals surface area contributed by atoms with Crippen LogP contribution in [0.4, 0.5) is 0 Å². The Hall–Kier alpha value is -0.770. The van der Waals surface area contributed by atoms with Crippen molar-refractivity contribution in [1.82, 2.24) is 5.32 Å². The first-order valence-corrected chi connectivity index (χ1v) is 9.57. The first-order chi connectivity index (χ1) is 12.3. The number of aliphatic hydroxyl groups is 5. The van der Waals surface area contributed by atoms with Gasteiger partial charge in [-0.15, -0.1) is 0 Å². The van der Waals surface area contributed by atoms with E-state index < -0.39 is 37.0 Å². The van der Waals surface area contributed by atoms with Gasteiger partial charge in [0.15, 0.2) is 0 Å². The molecule has 7 N–H and O–H groups in total. The molecular formula is C18H39NO7. The number of nitrogens with one attached hydrogen (secondary N) is 1. The number of unbranched alkanes of at least 4 members (excludes halogenated alkanes) is 5. The predicted molar refractivity (Wildman–Crippen MR) is 99.9 cm³/mol. The minimum absolute atomic E-state index is 0.144. The summed E-state index contributed by atoms with van der Waals surface area (Å²) in [5.41, 5.74) is 0. The highest BCUT2D eigenvalue weighted by Crippen LogP contribution is 2.06. The van der Waals surface area contributed by atoms with Crippen molar-refractivity contribution in [2.24, 2.45) is 0 Å². The third kappa shape index (κ3) is 16.7. The number of hydrogen-bond acceptors (Lipinski definition) is 7. The van der Waals surface area contributed by atoms with E-state index in [1.54, 1.807) is 0 Å². The van der Waals surface area contributed by atoms with E-state index in [9.17, 15) is 20.1 Å². The molecule has 0 heterocycles. The monoisotopic (exact) mass is 381 g/mol. The standard InChI is InChI=1S/C14H31NO5.C4H8O2/c1-2-3-4-5-6-7-8-15-9-11(17)13(19)14(20)12(18)10-16;1-2-3-4(5)6/h11-20H,2-10H2,1H3;2-3H2,1H3,(H,5,6)/t11-,12+,13+,14+;/m0./s1. The first kappa shape index (κ1) is 27.4. The minimum Gasteiger partial charge on any atom is -0.481 e. The highest BCUT2D eigenvalue weighted by molar-refractivity contribution is 5.66. The number of rotatable bonds is 15. The van der Waals surface area contributed by atoms with Crippen molar-refractivity contribution in [3.63, 3.8) is 0 Å². The molecule has 26 heavy (non-hydrogen) atoms. The van der Waals surface area contributed by atoms with Crippen molar-refractivity contribution in [3.8, 4) is 0 Å². The van der Waals surface area contributed by atoms with Gasteiger partial charge in [-0.25, -0.2) is 0 Å². The third-order valence-electron chi connectivity index (χ3n) is 3.85. The van der Waals surface area contributed by atoms with Gasteiger partial charge in [-0.3, -0.25) is 4.79 Å². The summed E-state index contributed by atoms with van der Waals surface area (Å²) in [7, 11) is 0. The zero-order valence-electron chi connectivity index (χ0n) is 16.2. The molecule has 0 spiro atoms. The molecule has 0 aliphatic rings. The van der Waals surface area contributed by atoms with E-state index in [-0.39, 0.29) is 6.54 Å². The average Bonchev–Trinajstić information content (AvgIpc) is 2.62. The molecule has 0 fully saturated rings. The second-order valence-electron chi connectivity index (χ2n) is 6.41. The Morgan fingerprint density at radius 2 is 1.38 bits per heavy atom. The zero-order valence-corrected chi connectivity index (χ0v) is 16.2. The Bertz CT molecular complexity index is 318. The lowest BCUT2D eigenvalue weighted by molar-refractivity contribution is -0.137. The second-order valence-corrected chi connectivity index (χ2v) is 6.41. The molecule has 0 radical (unpaired) electrons. The normalized spacial score (nSPS) is 15.5. The summed E-state index contributed by atoms with van der Waals surface area (Å²) in [6, 6.07) is 0. The summed E-state index contributed by atoms with van der Waals surface area (Å²) in [4.78, 5) is 9.60. The minimum atomic E-state index is -1.55. The SMILES string of the molecule is CCCC(=O)O.CCCCCCCCNC[C@H](O)[C@@H](O)[C@H](O)[C@H](O)CO. The fraction of sp³-hybridized carbons (Fsp3) is 0.944. The van der Waals surface area contributed by atoms with Crippen LogP contribution in [0.3, 0.4) is 0 Å². The Morgan fingerprint density at radius 3 is 1.85 bits per heavy atom. The summed E-state index contributed by atoms with van der Waals surface area (Å²) in [6.45, 7) is 4.25. The molecule has 0 rings (SSSR count). The molecule has 0 saturated heterocycles. The molecule has 0 aliphatic heterocycles. The molecule has 0 saturated carbocycles. The number of aliphatic hydroxyl groups excluding tert-OH is 5. The first-order valence-electron chi connectivity index (χ1n) is 9.57. The van der Waals surface area contributed by atoms with Crippen LogP contribution >= 0.6 is 0 Å². The number of carboxylic acid groups (broad SMARTS) is 1. The van der Waals surface area contributed by atoms with Gasteiger partial charge in [-0.2, -0.15) is 0 Å². The van der Waals surface area contributed by atoms with E-state index in [4.69, 9.17) is 15.3 Å². The topological polar surface area (TPSA) is 150 Å². The fourth-order valence-corrected chi connectivity index (χ4v) is 2.18. The highest BCUT2D eigenvalue weighted by Gasteiger charge is 2.29. The van der Waals surface area contributed by atoms with Gasteiger partial charge in [-0.1, -0.05) is 46.0 Å². The van der Waals surface area contributed by atoms with Gasteiger partial charge in [0.25, 0.3) is 0 Å². The van der Waals surface area contributed by atoms with Crippen LogP contribution < -0.4 is 5.32 Å². The van der Waals surface area contributed by atoms with Gasteiger partial charge in [0.05, 0.1) is 12.7 Å². The summed E-state index contributed by atoms with van der Waals surface area (Å²) in [5, 5.41) is 57.4. The van der Waals surface area contributed by atoms with Crippen molar-refractivity contribution < 1.29 is 35.4 Å². The molecule has 0 aliphatic carbocycles. The van der Waals surface area contributed by atoms with Crippen LogP contribution in [0.15, 0.2) is 0 Å². The van der Waals surface area contributed by atoms with Crippen molar-refractivity contribution in [3.05, 3.63) is 0 Å². The van der Waals surface area contributed by atoms with Crippen LogP contribution in [-0.2, 0) is 4.79 Å². The highest BCUT2D eigenvalue weighted by atomic mass is 16.4. The van der Waals surface area contributed by atoms with E-state index in [0.717, 1.165) is 25.8 Å². The maximum Gasteiger partial charge on any atom is 0.303 e. The number of carbonyl (C=O) groups is 1. The van der Waals surface area contributed by atoms with Crippen LogP contribution in [-0.4, -0.2) is 80.7 Å². The smallest absolute Gasteiger partial charge is 0.303 e. The van der Waals surface area contributed by atoms with Gasteiger partial charge in [-0.05, 0) is 19.4 Å². The van der Waals surface area contributed by atoms with Crippen LogP contribution in [0.1, 0.15) is 65.2 Å². The Kier molecular flexibility index (Phi) is 20.1. The maximum atomic E-state index is 9.64. The van der Waals surface area contributed by atoms with Crippen molar-refractivity contribution in [2.75, 3.05) is 19.7 Å². The predicted octanol–water partition coefficient (Wildman–Crippen LogP) is 0.244. The van der Waals surface area contributed by atoms with E-state index in [1.165, 1.54) is 25.7 Å². The van der Waals surface area contributed by atoms with Crippen LogP contribution in [0.2, 0.25) is 0 Å². The fourth-order valence-electron chi connectivity index (χ4n) is 2.18. The van der Waals surface area contributed by atoms with Crippen molar-refractivity contribution in [2.45, 2.75) is 89.6 Å². The number of aliphatic carboxylic acids is 1. The van der Waals surface area contributed by atoms with E-state index in [2.05, 4.69) is 12.2 Å². The molecule has 8 nitrogen and oxygen atoms in total. The molecule has 0 aromatic carbocycles. The number of hydrogen-bond donors (Lipinski definition) is 7. The Morgan fingerprint density at radius 1 is 0.846 bits per heavy atom. The van der Waals surface area contributed by atoms with Gasteiger partial charge >= 0.3 is 5.97 Å². The summed E-state index contributed by atoms with van der Waals surface area (Å²) < 4.78 is 0. The quantitative estimate of drug-likeness (QED) is 0.199. The van der Waals surface area contributed by atoms with Crippen molar-refractivity contribution >= 4 is 5.97 Å². The molecular weight excluding hydrogens is 342 g/mol. The molecule has 0 unspecified atom stereocenters. The van der Waals surface area contributed by atoms with Crippen LogP contribution in [0.25, 0.3) is 0 Å². The summed E-state index contributed by atoms with van der Waals surface area (Å²) >= 11 is 0. The van der Waals surface area contributed by atoms with Gasteiger partial charge in [0.1, 0.15) is 18.3 Å². The molecule has 8 heteroatoms. The summed E-state index contributed by atoms with van der Waals surface area (Å²) in [6.07, 6.45) is 2.48. The Balaban J connectivity index is 0. The second kappa shape index (κ2) is 19.0. The Labute approximate surface area is 156 Å². The van der Waals surface area contributed by atoms with E-state index >= 15 is 0 Å². The lowest BCUT2D eigenvalue weighted by Gasteiger charge is -2.25. The van der Waals surface area contributed by atoms with Gasteiger partial charge in [0.2, 0.25) is 0 Å².